The average molecular weight is 213 g/mol. The van der Waals surface area contributed by atoms with Crippen molar-refractivity contribution in [3.63, 3.8) is 0 Å². The number of carbonyl (C=O) groups excluding carboxylic acids is 1. The Balaban J connectivity index is 2.36. The summed E-state index contributed by atoms with van der Waals surface area (Å²) in [6, 6.07) is 7.02. The normalized spacial score (nSPS) is 20.4. The van der Waals surface area contributed by atoms with Gasteiger partial charge in [0.1, 0.15) is 5.75 Å². The van der Waals surface area contributed by atoms with Gasteiger partial charge in [-0.1, -0.05) is 12.1 Å². The molecular formula is C9H9ClN2O2. The molecule has 1 aliphatic rings. The smallest absolute Gasteiger partial charge is 0.269 e. The van der Waals surface area contributed by atoms with Crippen molar-refractivity contribution in [2.75, 3.05) is 5.88 Å². The van der Waals surface area contributed by atoms with Gasteiger partial charge in [0, 0.05) is 0 Å². The highest BCUT2D eigenvalue weighted by molar-refractivity contribution is 6.18. The van der Waals surface area contributed by atoms with E-state index < -0.39 is 6.23 Å². The number of amides is 1. The zero-order valence-corrected chi connectivity index (χ0v) is 8.04. The van der Waals surface area contributed by atoms with Crippen molar-refractivity contribution in [1.29, 1.82) is 0 Å². The summed E-state index contributed by atoms with van der Waals surface area (Å²) in [5, 5.41) is 0. The molecule has 2 rings (SSSR count). The zero-order chi connectivity index (χ0) is 9.97. The van der Waals surface area contributed by atoms with Crippen LogP contribution in [0.5, 0.6) is 5.75 Å². The number of nitrogens with one attached hydrogen (secondary N) is 2. The van der Waals surface area contributed by atoms with Crippen LogP contribution in [0.4, 0.5) is 0 Å². The molecule has 1 aromatic carbocycles. The molecule has 1 aliphatic heterocycles. The molecule has 1 unspecified atom stereocenters. The summed E-state index contributed by atoms with van der Waals surface area (Å²) < 4.78 is 5.45. The molecule has 4 nitrogen and oxygen atoms in total. The van der Waals surface area contributed by atoms with Gasteiger partial charge in [-0.15, -0.1) is 11.6 Å². The quantitative estimate of drug-likeness (QED) is 0.680. The summed E-state index contributed by atoms with van der Waals surface area (Å²) in [7, 11) is 0. The third-order valence-corrected chi connectivity index (χ3v) is 2.17. The van der Waals surface area contributed by atoms with Gasteiger partial charge in [0.05, 0.1) is 11.4 Å². The second-order valence-electron chi connectivity index (χ2n) is 2.86. The predicted molar refractivity (Wildman–Crippen MR) is 52.2 cm³/mol. The molecule has 14 heavy (non-hydrogen) atoms. The average Bonchev–Trinajstić information content (AvgIpc) is 2.39. The Morgan fingerprint density at radius 2 is 2.21 bits per heavy atom. The molecule has 1 aromatic rings. The van der Waals surface area contributed by atoms with Gasteiger partial charge in [0.15, 0.2) is 6.23 Å². The molecule has 0 fully saturated rings. The van der Waals surface area contributed by atoms with Crippen LogP contribution in [0.15, 0.2) is 24.3 Å². The van der Waals surface area contributed by atoms with Crippen LogP contribution in [0.3, 0.4) is 0 Å². The van der Waals surface area contributed by atoms with Gasteiger partial charge in [0.25, 0.3) is 5.91 Å². The first-order chi connectivity index (χ1) is 6.81. The molecule has 0 saturated carbocycles. The van der Waals surface area contributed by atoms with Crippen LogP contribution in [0, 0.1) is 0 Å². The maximum absolute atomic E-state index is 11.5. The molecule has 0 aromatic heterocycles. The topological polar surface area (TPSA) is 50.4 Å². The monoisotopic (exact) mass is 212 g/mol. The minimum atomic E-state index is -0.399. The van der Waals surface area contributed by atoms with Gasteiger partial charge < -0.3 is 4.74 Å². The van der Waals surface area contributed by atoms with Crippen LogP contribution < -0.4 is 15.6 Å². The van der Waals surface area contributed by atoms with Crippen LogP contribution in [-0.2, 0) is 0 Å². The Kier molecular flexibility index (Phi) is 2.56. The van der Waals surface area contributed by atoms with Gasteiger partial charge in [-0.05, 0) is 12.1 Å². The highest BCUT2D eigenvalue weighted by Crippen LogP contribution is 2.20. The molecule has 1 heterocycles. The predicted octanol–water partition coefficient (Wildman–Crippen LogP) is 0.878. The van der Waals surface area contributed by atoms with Crippen LogP contribution in [0.2, 0.25) is 0 Å². The van der Waals surface area contributed by atoms with E-state index in [1.807, 2.05) is 6.07 Å². The van der Waals surface area contributed by atoms with Gasteiger partial charge in [0.2, 0.25) is 0 Å². The Morgan fingerprint density at radius 1 is 1.43 bits per heavy atom. The summed E-state index contributed by atoms with van der Waals surface area (Å²) in [5.74, 6) is 0.586. The summed E-state index contributed by atoms with van der Waals surface area (Å²) in [5.41, 5.74) is 5.68. The highest BCUT2D eigenvalue weighted by atomic mass is 35.5. The number of benzene rings is 1. The maximum Gasteiger partial charge on any atom is 0.269 e. The third kappa shape index (κ3) is 1.66. The van der Waals surface area contributed by atoms with Crippen LogP contribution in [0.25, 0.3) is 0 Å². The molecule has 5 heteroatoms. The number of para-hydroxylation sites is 1. The first kappa shape index (κ1) is 9.30. The fourth-order valence-corrected chi connectivity index (χ4v) is 1.36. The largest absolute Gasteiger partial charge is 0.472 e. The number of hydrogen-bond donors (Lipinski definition) is 2. The first-order valence-electron chi connectivity index (χ1n) is 4.19. The van der Waals surface area contributed by atoms with E-state index in [9.17, 15) is 4.79 Å². The molecule has 0 bridgehead atoms. The van der Waals surface area contributed by atoms with E-state index in [1.54, 1.807) is 18.2 Å². The van der Waals surface area contributed by atoms with Crippen molar-refractivity contribution in [3.8, 4) is 5.75 Å². The van der Waals surface area contributed by atoms with Crippen LogP contribution >= 0.6 is 11.6 Å². The molecular weight excluding hydrogens is 204 g/mol. The van der Waals surface area contributed by atoms with E-state index in [2.05, 4.69) is 10.9 Å². The van der Waals surface area contributed by atoms with Crippen molar-refractivity contribution >= 4 is 17.5 Å². The highest BCUT2D eigenvalue weighted by Gasteiger charge is 2.20. The van der Waals surface area contributed by atoms with Gasteiger partial charge in [-0.3, -0.25) is 10.2 Å². The lowest BCUT2D eigenvalue weighted by molar-refractivity contribution is 0.0912. The number of halogens is 1. The summed E-state index contributed by atoms with van der Waals surface area (Å²) in [6.07, 6.45) is -0.399. The number of hydrogen-bond acceptors (Lipinski definition) is 3. The van der Waals surface area contributed by atoms with Crippen molar-refractivity contribution in [2.45, 2.75) is 6.23 Å². The lowest BCUT2D eigenvalue weighted by Gasteiger charge is -2.13. The Labute approximate surface area is 86.2 Å². The van der Waals surface area contributed by atoms with E-state index >= 15 is 0 Å². The number of fused-ring (bicyclic) bond motifs is 1. The third-order valence-electron chi connectivity index (χ3n) is 1.89. The van der Waals surface area contributed by atoms with E-state index in [-0.39, 0.29) is 11.8 Å². The number of ether oxygens (including phenoxy) is 1. The van der Waals surface area contributed by atoms with Crippen LogP contribution in [0.1, 0.15) is 10.4 Å². The minimum absolute atomic E-state index is 0.215. The van der Waals surface area contributed by atoms with E-state index in [4.69, 9.17) is 16.3 Å². The SMILES string of the molecule is O=C1NNC(CCl)Oc2ccccc21. The Morgan fingerprint density at radius 3 is 3.00 bits per heavy atom. The fraction of sp³-hybridized carbons (Fsp3) is 0.222. The number of carbonyl (C=O) groups is 1. The molecule has 0 saturated heterocycles. The zero-order valence-electron chi connectivity index (χ0n) is 7.29. The Hall–Kier alpha value is -1.26. The molecule has 2 N–H and O–H groups in total. The van der Waals surface area contributed by atoms with Crippen molar-refractivity contribution in [1.82, 2.24) is 10.9 Å². The number of rotatable bonds is 1. The number of alkyl halides is 1. The summed E-state index contributed by atoms with van der Waals surface area (Å²) in [4.78, 5) is 11.5. The second-order valence-corrected chi connectivity index (χ2v) is 3.16. The molecule has 1 amide bonds. The lowest BCUT2D eigenvalue weighted by Crippen LogP contribution is -2.45. The molecule has 1 atom stereocenters. The summed E-state index contributed by atoms with van der Waals surface area (Å²) in [6.45, 7) is 0. The molecule has 0 spiro atoms. The standard InChI is InChI=1S/C9H9ClN2O2/c10-5-8-11-12-9(13)6-3-1-2-4-7(6)14-8/h1-4,8,11H,5H2,(H,12,13). The van der Waals surface area contributed by atoms with Crippen molar-refractivity contribution < 1.29 is 9.53 Å². The van der Waals surface area contributed by atoms with Crippen molar-refractivity contribution in [2.24, 2.45) is 0 Å². The minimum Gasteiger partial charge on any atom is -0.472 e. The lowest BCUT2D eigenvalue weighted by atomic mass is 10.2. The molecule has 0 radical (unpaired) electrons. The maximum atomic E-state index is 11.5. The number of hydrazine groups is 1. The second kappa shape index (κ2) is 3.86. The van der Waals surface area contributed by atoms with Crippen molar-refractivity contribution in [3.05, 3.63) is 29.8 Å². The fourth-order valence-electron chi connectivity index (χ4n) is 1.22. The Bertz CT molecular complexity index is 356. The molecule has 0 aliphatic carbocycles. The summed E-state index contributed by atoms with van der Waals surface area (Å²) >= 11 is 5.63. The van der Waals surface area contributed by atoms with Crippen LogP contribution in [-0.4, -0.2) is 18.0 Å². The van der Waals surface area contributed by atoms with Gasteiger partial charge >= 0.3 is 0 Å². The van der Waals surface area contributed by atoms with E-state index in [1.165, 1.54) is 0 Å². The van der Waals surface area contributed by atoms with Gasteiger partial charge in [-0.2, -0.15) is 5.43 Å². The van der Waals surface area contributed by atoms with E-state index in [0.717, 1.165) is 0 Å². The first-order valence-corrected chi connectivity index (χ1v) is 4.72. The molecule has 74 valence electrons. The van der Waals surface area contributed by atoms with Gasteiger partial charge in [-0.25, -0.2) is 0 Å². The van der Waals surface area contributed by atoms with E-state index in [0.29, 0.717) is 11.3 Å².